The highest BCUT2D eigenvalue weighted by Gasteiger charge is 2.19. The van der Waals surface area contributed by atoms with Crippen LogP contribution in [0.15, 0.2) is 40.9 Å². The van der Waals surface area contributed by atoms with Gasteiger partial charge in [-0.15, -0.1) is 0 Å². The first-order valence-electron chi connectivity index (χ1n) is 6.81. The monoisotopic (exact) mass is 333 g/mol. The summed E-state index contributed by atoms with van der Waals surface area (Å²) >= 11 is 0. The fraction of sp³-hybridized carbons (Fsp3) is 0.0625. The van der Waals surface area contributed by atoms with Gasteiger partial charge in [0.25, 0.3) is 11.8 Å². The number of anilines is 1. The number of benzene rings is 2. The maximum atomic E-state index is 13.7. The lowest BCUT2D eigenvalue weighted by molar-refractivity contribution is 0.102. The van der Waals surface area contributed by atoms with E-state index in [1.807, 2.05) is 0 Å². The van der Waals surface area contributed by atoms with Crippen LogP contribution in [0.3, 0.4) is 0 Å². The van der Waals surface area contributed by atoms with E-state index in [1.165, 1.54) is 6.07 Å². The minimum Gasteiger partial charge on any atom is -0.334 e. The molecule has 0 radical (unpaired) electrons. The van der Waals surface area contributed by atoms with Crippen molar-refractivity contribution >= 4 is 11.6 Å². The lowest BCUT2D eigenvalue weighted by atomic mass is 10.1. The molecule has 0 bridgehead atoms. The molecule has 0 aliphatic carbocycles. The summed E-state index contributed by atoms with van der Waals surface area (Å²) in [5.74, 6) is -4.82. The van der Waals surface area contributed by atoms with Gasteiger partial charge in [-0.25, -0.2) is 13.2 Å². The molecule has 3 rings (SSSR count). The van der Waals surface area contributed by atoms with E-state index in [0.717, 1.165) is 6.07 Å². The molecule has 24 heavy (non-hydrogen) atoms. The predicted molar refractivity (Wildman–Crippen MR) is 78.7 cm³/mol. The van der Waals surface area contributed by atoms with E-state index in [2.05, 4.69) is 15.5 Å². The molecule has 0 spiro atoms. The highest BCUT2D eigenvalue weighted by Crippen LogP contribution is 2.22. The number of aromatic nitrogens is 2. The molecule has 0 saturated carbocycles. The van der Waals surface area contributed by atoms with Gasteiger partial charge in [0, 0.05) is 11.3 Å². The average molecular weight is 333 g/mol. The van der Waals surface area contributed by atoms with Crippen LogP contribution >= 0.6 is 0 Å². The number of carbonyl (C=O) groups is 1. The summed E-state index contributed by atoms with van der Waals surface area (Å²) in [7, 11) is 0. The van der Waals surface area contributed by atoms with E-state index in [-0.39, 0.29) is 5.89 Å². The maximum absolute atomic E-state index is 13.7. The standard InChI is InChI=1S/C16H10F3N3O2/c1-8-20-16(24-22-8)9-3-2-4-10(7-9)21-15(23)11-5-6-12(17)14(19)13(11)18/h2-7H,1H3,(H,21,23). The van der Waals surface area contributed by atoms with Crippen molar-refractivity contribution in [2.45, 2.75) is 6.92 Å². The van der Waals surface area contributed by atoms with Crippen LogP contribution in [0.1, 0.15) is 16.2 Å². The molecule has 122 valence electrons. The molecule has 1 heterocycles. The van der Waals surface area contributed by atoms with Crippen molar-refractivity contribution in [2.75, 3.05) is 5.32 Å². The normalized spacial score (nSPS) is 10.7. The molecule has 0 atom stereocenters. The van der Waals surface area contributed by atoms with Crippen molar-refractivity contribution < 1.29 is 22.5 Å². The van der Waals surface area contributed by atoms with Crippen molar-refractivity contribution in [1.82, 2.24) is 10.1 Å². The second kappa shape index (κ2) is 6.15. The van der Waals surface area contributed by atoms with Crippen molar-refractivity contribution in [3.05, 3.63) is 65.2 Å². The summed E-state index contributed by atoms with van der Waals surface area (Å²) in [6.45, 7) is 1.66. The van der Waals surface area contributed by atoms with E-state index in [4.69, 9.17) is 4.52 Å². The smallest absolute Gasteiger partial charge is 0.258 e. The second-order valence-electron chi connectivity index (χ2n) is 4.90. The third kappa shape index (κ3) is 2.98. The lowest BCUT2D eigenvalue weighted by Crippen LogP contribution is -2.15. The molecule has 0 unspecified atom stereocenters. The predicted octanol–water partition coefficient (Wildman–Crippen LogP) is 3.71. The molecule has 3 aromatic rings. The van der Waals surface area contributed by atoms with Crippen LogP contribution in [0.2, 0.25) is 0 Å². The number of hydrogen-bond donors (Lipinski definition) is 1. The highest BCUT2D eigenvalue weighted by molar-refractivity contribution is 6.04. The Morgan fingerprint density at radius 1 is 1.12 bits per heavy atom. The van der Waals surface area contributed by atoms with Gasteiger partial charge < -0.3 is 9.84 Å². The zero-order valence-electron chi connectivity index (χ0n) is 12.3. The molecule has 0 aliphatic heterocycles. The van der Waals surface area contributed by atoms with Crippen LogP contribution in [0.5, 0.6) is 0 Å². The van der Waals surface area contributed by atoms with Crippen LogP contribution in [0.4, 0.5) is 18.9 Å². The Morgan fingerprint density at radius 3 is 2.62 bits per heavy atom. The van der Waals surface area contributed by atoms with Gasteiger partial charge in [0.05, 0.1) is 5.56 Å². The third-order valence-electron chi connectivity index (χ3n) is 3.17. The molecular formula is C16H10F3N3O2. The van der Waals surface area contributed by atoms with Crippen molar-refractivity contribution in [1.29, 1.82) is 0 Å². The van der Waals surface area contributed by atoms with Crippen molar-refractivity contribution in [3.8, 4) is 11.5 Å². The van der Waals surface area contributed by atoms with E-state index >= 15 is 0 Å². The number of amides is 1. The van der Waals surface area contributed by atoms with Crippen LogP contribution in [0, 0.1) is 24.4 Å². The highest BCUT2D eigenvalue weighted by atomic mass is 19.2. The summed E-state index contributed by atoms with van der Waals surface area (Å²) in [5, 5.41) is 6.07. The number of aryl methyl sites for hydroxylation is 1. The van der Waals surface area contributed by atoms with E-state index in [9.17, 15) is 18.0 Å². The van der Waals surface area contributed by atoms with Gasteiger partial charge in [0.15, 0.2) is 23.3 Å². The first-order valence-corrected chi connectivity index (χ1v) is 6.81. The summed E-state index contributed by atoms with van der Waals surface area (Å²) in [6, 6.07) is 7.93. The van der Waals surface area contributed by atoms with E-state index < -0.39 is 28.9 Å². The summed E-state index contributed by atoms with van der Waals surface area (Å²) in [4.78, 5) is 16.1. The Labute approximate surface area is 134 Å². The lowest BCUT2D eigenvalue weighted by Gasteiger charge is -2.07. The van der Waals surface area contributed by atoms with Gasteiger partial charge in [0.1, 0.15) is 0 Å². The minimum atomic E-state index is -1.70. The third-order valence-corrected chi connectivity index (χ3v) is 3.17. The molecule has 0 saturated heterocycles. The molecule has 8 heteroatoms. The molecule has 0 aliphatic rings. The number of hydrogen-bond acceptors (Lipinski definition) is 4. The molecule has 1 N–H and O–H groups in total. The van der Waals surface area contributed by atoms with Crippen LogP contribution in [0.25, 0.3) is 11.5 Å². The Hall–Kier alpha value is -3.16. The Morgan fingerprint density at radius 2 is 1.92 bits per heavy atom. The average Bonchev–Trinajstić information content (AvgIpc) is 2.99. The van der Waals surface area contributed by atoms with Crippen LogP contribution < -0.4 is 5.32 Å². The fourth-order valence-electron chi connectivity index (χ4n) is 2.04. The number of nitrogens with one attached hydrogen (secondary N) is 1. The molecular weight excluding hydrogens is 323 g/mol. The molecule has 1 aromatic heterocycles. The largest absolute Gasteiger partial charge is 0.334 e. The first-order chi connectivity index (χ1) is 11.5. The van der Waals surface area contributed by atoms with Gasteiger partial charge in [0.2, 0.25) is 0 Å². The SMILES string of the molecule is Cc1noc(-c2cccc(NC(=O)c3ccc(F)c(F)c3F)c2)n1. The quantitative estimate of drug-likeness (QED) is 0.742. The number of nitrogens with zero attached hydrogens (tertiary/aromatic N) is 2. The summed E-state index contributed by atoms with van der Waals surface area (Å²) in [6.07, 6.45) is 0. The minimum absolute atomic E-state index is 0.252. The fourth-order valence-corrected chi connectivity index (χ4v) is 2.04. The van der Waals surface area contributed by atoms with Gasteiger partial charge >= 0.3 is 0 Å². The Bertz CT molecular complexity index is 925. The van der Waals surface area contributed by atoms with Gasteiger partial charge in [-0.1, -0.05) is 11.2 Å². The van der Waals surface area contributed by atoms with Gasteiger partial charge in [-0.3, -0.25) is 4.79 Å². The number of carbonyl (C=O) groups excluding carboxylic acids is 1. The molecule has 1 amide bonds. The Balaban J connectivity index is 1.86. The molecule has 5 nitrogen and oxygen atoms in total. The summed E-state index contributed by atoms with van der Waals surface area (Å²) in [5.41, 5.74) is 0.240. The van der Waals surface area contributed by atoms with Crippen LogP contribution in [-0.4, -0.2) is 16.0 Å². The van der Waals surface area contributed by atoms with Gasteiger partial charge in [-0.05, 0) is 37.3 Å². The van der Waals surface area contributed by atoms with Crippen molar-refractivity contribution in [2.24, 2.45) is 0 Å². The van der Waals surface area contributed by atoms with E-state index in [1.54, 1.807) is 25.1 Å². The van der Waals surface area contributed by atoms with Crippen LogP contribution in [-0.2, 0) is 0 Å². The zero-order valence-corrected chi connectivity index (χ0v) is 12.3. The first kappa shape index (κ1) is 15.7. The molecule has 0 fully saturated rings. The maximum Gasteiger partial charge on any atom is 0.258 e. The topological polar surface area (TPSA) is 68.0 Å². The zero-order chi connectivity index (χ0) is 17.3. The van der Waals surface area contributed by atoms with Crippen molar-refractivity contribution in [3.63, 3.8) is 0 Å². The Kier molecular flexibility index (Phi) is 4.03. The van der Waals surface area contributed by atoms with E-state index in [0.29, 0.717) is 23.1 Å². The second-order valence-corrected chi connectivity index (χ2v) is 4.90. The molecule has 2 aromatic carbocycles. The number of halogens is 3. The number of rotatable bonds is 3. The van der Waals surface area contributed by atoms with Gasteiger partial charge in [-0.2, -0.15) is 4.98 Å². The summed E-state index contributed by atoms with van der Waals surface area (Å²) < 4.78 is 44.8.